The van der Waals surface area contributed by atoms with Crippen molar-refractivity contribution in [2.45, 2.75) is 19.3 Å². The number of rotatable bonds is 0. The molecule has 0 saturated heterocycles. The molecular formula is C9H8FY-. The molecule has 1 aromatic rings. The van der Waals surface area contributed by atoms with Crippen molar-refractivity contribution in [3.63, 3.8) is 0 Å². The zero-order valence-corrected chi connectivity index (χ0v) is 9.07. The summed E-state index contributed by atoms with van der Waals surface area (Å²) in [7, 11) is 0. The van der Waals surface area contributed by atoms with E-state index >= 15 is 0 Å². The van der Waals surface area contributed by atoms with E-state index in [1.165, 1.54) is 6.07 Å². The van der Waals surface area contributed by atoms with Crippen molar-refractivity contribution in [1.82, 2.24) is 0 Å². The van der Waals surface area contributed by atoms with Crippen LogP contribution in [0.5, 0.6) is 0 Å². The molecule has 1 aliphatic rings. The van der Waals surface area contributed by atoms with Gasteiger partial charge < -0.3 is 0 Å². The standard InChI is InChI=1S/C9H8F.Y/c10-9-6-2-4-7-3-1-5-8(7)9;/h2,6H,1,3,5H2;/q-1;. The molecule has 0 atom stereocenters. The third kappa shape index (κ3) is 1.70. The average molecular weight is 224 g/mol. The topological polar surface area (TPSA) is 0 Å². The molecule has 0 N–H and O–H groups in total. The van der Waals surface area contributed by atoms with Gasteiger partial charge in [-0.3, -0.25) is 0 Å². The van der Waals surface area contributed by atoms with Gasteiger partial charge in [-0.1, -0.05) is 19.3 Å². The Kier molecular flexibility index (Phi) is 3.21. The summed E-state index contributed by atoms with van der Waals surface area (Å²) in [5.41, 5.74) is 1.97. The molecule has 0 aliphatic heterocycles. The Hall–Kier alpha value is 0.254. The first-order chi connectivity index (χ1) is 4.88. The van der Waals surface area contributed by atoms with E-state index < -0.39 is 0 Å². The second-order valence-electron chi connectivity index (χ2n) is 2.64. The summed E-state index contributed by atoms with van der Waals surface area (Å²) in [5.74, 6) is -0.0498. The Morgan fingerprint density at radius 3 is 2.91 bits per heavy atom. The van der Waals surface area contributed by atoms with Gasteiger partial charge in [0.15, 0.2) is 0 Å². The maximum absolute atomic E-state index is 12.9. The van der Waals surface area contributed by atoms with Crippen molar-refractivity contribution < 1.29 is 37.1 Å². The van der Waals surface area contributed by atoms with Gasteiger partial charge in [0.25, 0.3) is 0 Å². The van der Waals surface area contributed by atoms with Gasteiger partial charge in [0.05, 0.1) is 0 Å². The summed E-state index contributed by atoms with van der Waals surface area (Å²) >= 11 is 0. The molecule has 0 unspecified atom stereocenters. The second-order valence-corrected chi connectivity index (χ2v) is 2.64. The van der Waals surface area contributed by atoms with Gasteiger partial charge in [0.2, 0.25) is 0 Å². The number of benzene rings is 1. The Morgan fingerprint density at radius 2 is 2.18 bits per heavy atom. The summed E-state index contributed by atoms with van der Waals surface area (Å²) in [6.45, 7) is 0. The zero-order chi connectivity index (χ0) is 6.97. The average Bonchev–Trinajstić information content (AvgIpc) is 2.36. The Labute approximate surface area is 91.1 Å². The molecule has 0 fully saturated rings. The van der Waals surface area contributed by atoms with Crippen LogP contribution in [0.1, 0.15) is 17.5 Å². The molecule has 0 heterocycles. The number of halogens is 1. The normalized spacial score (nSPS) is 13.9. The summed E-state index contributed by atoms with van der Waals surface area (Å²) < 4.78 is 12.9. The quantitative estimate of drug-likeness (QED) is 0.592. The van der Waals surface area contributed by atoms with Crippen LogP contribution in [0.25, 0.3) is 0 Å². The van der Waals surface area contributed by atoms with Gasteiger partial charge in [-0.15, -0.1) is 11.6 Å². The van der Waals surface area contributed by atoms with E-state index in [1.54, 1.807) is 6.07 Å². The van der Waals surface area contributed by atoms with Crippen molar-refractivity contribution in [3.8, 4) is 0 Å². The third-order valence-corrected chi connectivity index (χ3v) is 1.99. The molecule has 0 bridgehead atoms. The molecule has 2 heteroatoms. The predicted octanol–water partition coefficient (Wildman–Crippen LogP) is 2.11. The van der Waals surface area contributed by atoms with Crippen molar-refractivity contribution in [1.29, 1.82) is 0 Å². The van der Waals surface area contributed by atoms with E-state index in [1.807, 2.05) is 0 Å². The van der Waals surface area contributed by atoms with Crippen LogP contribution in [-0.2, 0) is 45.6 Å². The first-order valence-corrected chi connectivity index (χ1v) is 3.56. The molecule has 11 heavy (non-hydrogen) atoms. The zero-order valence-electron chi connectivity index (χ0n) is 6.23. The van der Waals surface area contributed by atoms with Gasteiger partial charge in [0.1, 0.15) is 0 Å². The molecule has 0 amide bonds. The fraction of sp³-hybridized carbons (Fsp3) is 0.333. The minimum atomic E-state index is -0.0498. The first kappa shape index (κ1) is 9.34. The smallest absolute Gasteiger partial charge is 0.0185 e. The van der Waals surface area contributed by atoms with Crippen molar-refractivity contribution in [2.24, 2.45) is 0 Å². The number of hydrogen-bond donors (Lipinski definition) is 0. The van der Waals surface area contributed by atoms with Crippen molar-refractivity contribution >= 4 is 0 Å². The molecule has 1 radical (unpaired) electrons. The molecule has 2 rings (SSSR count). The van der Waals surface area contributed by atoms with Gasteiger partial charge in [-0.25, -0.2) is 4.39 Å². The number of aryl methyl sites for hydroxylation is 1. The van der Waals surface area contributed by atoms with E-state index in [-0.39, 0.29) is 38.5 Å². The van der Waals surface area contributed by atoms with E-state index in [0.29, 0.717) is 0 Å². The molecule has 55 valence electrons. The Morgan fingerprint density at radius 1 is 1.36 bits per heavy atom. The van der Waals surface area contributed by atoms with Crippen LogP contribution in [-0.4, -0.2) is 0 Å². The summed E-state index contributed by atoms with van der Waals surface area (Å²) in [6, 6.07) is 6.21. The summed E-state index contributed by atoms with van der Waals surface area (Å²) in [4.78, 5) is 0. The maximum Gasteiger partial charge on any atom is 0.0185 e. The van der Waals surface area contributed by atoms with E-state index in [4.69, 9.17) is 0 Å². The second kappa shape index (κ2) is 3.77. The van der Waals surface area contributed by atoms with Crippen molar-refractivity contribution in [3.05, 3.63) is 35.1 Å². The van der Waals surface area contributed by atoms with Crippen LogP contribution in [0.4, 0.5) is 4.39 Å². The number of hydrogen-bond acceptors (Lipinski definition) is 0. The van der Waals surface area contributed by atoms with Crippen molar-refractivity contribution in [2.75, 3.05) is 0 Å². The predicted molar refractivity (Wildman–Crippen MR) is 37.3 cm³/mol. The van der Waals surface area contributed by atoms with E-state index in [0.717, 1.165) is 30.4 Å². The fourth-order valence-electron chi connectivity index (χ4n) is 1.48. The Balaban J connectivity index is 0.000000605. The largest absolute Gasteiger partial charge is 0.235 e. The SMILES string of the molecule is Fc1cc[c-]c2c1CCC2.[Y]. The fourth-order valence-corrected chi connectivity index (χ4v) is 1.48. The minimum absolute atomic E-state index is 0. The summed E-state index contributed by atoms with van der Waals surface area (Å²) in [5, 5.41) is 0. The monoisotopic (exact) mass is 224 g/mol. The van der Waals surface area contributed by atoms with Gasteiger partial charge in [-0.05, 0) is 0 Å². The Bertz CT molecular complexity index is 258. The molecule has 0 nitrogen and oxygen atoms in total. The molecule has 1 aromatic carbocycles. The first-order valence-electron chi connectivity index (χ1n) is 3.56. The summed E-state index contributed by atoms with van der Waals surface area (Å²) in [6.07, 6.45) is 3.00. The van der Waals surface area contributed by atoms with Crippen LogP contribution >= 0.6 is 0 Å². The molecule has 0 spiro atoms. The molecule has 0 aromatic heterocycles. The van der Waals surface area contributed by atoms with Gasteiger partial charge in [0, 0.05) is 38.5 Å². The number of fused-ring (bicyclic) bond motifs is 1. The van der Waals surface area contributed by atoms with Crippen LogP contribution in [0.15, 0.2) is 12.1 Å². The third-order valence-electron chi connectivity index (χ3n) is 1.99. The van der Waals surface area contributed by atoms with E-state index in [9.17, 15) is 4.39 Å². The van der Waals surface area contributed by atoms with Crippen LogP contribution < -0.4 is 0 Å². The van der Waals surface area contributed by atoms with Gasteiger partial charge >= 0.3 is 0 Å². The van der Waals surface area contributed by atoms with E-state index in [2.05, 4.69) is 6.07 Å². The maximum atomic E-state index is 12.9. The van der Waals surface area contributed by atoms with Crippen LogP contribution in [0, 0.1) is 11.9 Å². The molecule has 1 aliphatic carbocycles. The molecule has 0 saturated carbocycles. The van der Waals surface area contributed by atoms with Gasteiger partial charge in [-0.2, -0.15) is 17.7 Å². The minimum Gasteiger partial charge on any atom is -0.235 e. The van der Waals surface area contributed by atoms with Crippen LogP contribution in [0.3, 0.4) is 0 Å². The molecular weight excluding hydrogens is 216 g/mol. The van der Waals surface area contributed by atoms with Crippen LogP contribution in [0.2, 0.25) is 0 Å².